The Balaban J connectivity index is 1.73. The number of anilines is 2. The normalized spacial score (nSPS) is 15.0. The molecule has 1 fully saturated rings. The number of benzene rings is 1. The standard InChI is InChI=1S/C19H26N4O/c1-4-13(2)21-19-22-17(15-8-9-15)11-18(23-19)20-12-14-6-5-7-16(10-14)24-3/h5-7,10-11,13,15H,4,8-9,12H2,1-3H3,(H2,20,21,22,23)/t13-/m1/s1. The van der Waals surface area contributed by atoms with Gasteiger partial charge in [-0.2, -0.15) is 4.98 Å². The fourth-order valence-corrected chi connectivity index (χ4v) is 2.51. The monoisotopic (exact) mass is 326 g/mol. The SMILES string of the molecule is CC[C@@H](C)Nc1nc(NCc2cccc(OC)c2)cc(C2CC2)n1. The topological polar surface area (TPSA) is 59.1 Å². The maximum Gasteiger partial charge on any atom is 0.225 e. The van der Waals surface area contributed by atoms with Crippen molar-refractivity contribution in [2.45, 2.75) is 51.6 Å². The highest BCUT2D eigenvalue weighted by atomic mass is 16.5. The van der Waals surface area contributed by atoms with Gasteiger partial charge in [-0.15, -0.1) is 0 Å². The zero-order valence-electron chi connectivity index (χ0n) is 14.7. The van der Waals surface area contributed by atoms with Gasteiger partial charge in [0.15, 0.2) is 0 Å². The van der Waals surface area contributed by atoms with Crippen LogP contribution in [0.4, 0.5) is 11.8 Å². The second-order valence-corrected chi connectivity index (χ2v) is 6.43. The van der Waals surface area contributed by atoms with Gasteiger partial charge in [0.25, 0.3) is 0 Å². The molecule has 1 aromatic carbocycles. The van der Waals surface area contributed by atoms with Gasteiger partial charge >= 0.3 is 0 Å². The molecule has 1 saturated carbocycles. The molecular weight excluding hydrogens is 300 g/mol. The third-order valence-corrected chi connectivity index (χ3v) is 4.34. The van der Waals surface area contributed by atoms with Crippen LogP contribution in [-0.4, -0.2) is 23.1 Å². The molecule has 1 aliphatic rings. The maximum atomic E-state index is 5.28. The summed E-state index contributed by atoms with van der Waals surface area (Å²) in [5.41, 5.74) is 2.31. The molecule has 1 aliphatic carbocycles. The van der Waals surface area contributed by atoms with Gasteiger partial charge in [0.1, 0.15) is 11.6 Å². The lowest BCUT2D eigenvalue weighted by molar-refractivity contribution is 0.414. The minimum absolute atomic E-state index is 0.366. The van der Waals surface area contributed by atoms with Crippen LogP contribution in [0.1, 0.15) is 50.3 Å². The summed E-state index contributed by atoms with van der Waals surface area (Å²) in [4.78, 5) is 9.31. The molecule has 5 nitrogen and oxygen atoms in total. The van der Waals surface area contributed by atoms with Gasteiger partial charge in [0.05, 0.1) is 12.8 Å². The summed E-state index contributed by atoms with van der Waals surface area (Å²) in [7, 11) is 1.69. The summed E-state index contributed by atoms with van der Waals surface area (Å²) in [5.74, 6) is 3.07. The van der Waals surface area contributed by atoms with Gasteiger partial charge in [0, 0.05) is 24.6 Å². The Labute approximate surface area is 143 Å². The van der Waals surface area contributed by atoms with Crippen LogP contribution in [0, 0.1) is 0 Å². The number of rotatable bonds is 8. The van der Waals surface area contributed by atoms with E-state index in [1.54, 1.807) is 7.11 Å². The Morgan fingerprint density at radius 1 is 1.25 bits per heavy atom. The summed E-state index contributed by atoms with van der Waals surface area (Å²) in [6, 6.07) is 10.5. The van der Waals surface area contributed by atoms with E-state index in [-0.39, 0.29) is 0 Å². The predicted octanol–water partition coefficient (Wildman–Crippen LogP) is 4.19. The van der Waals surface area contributed by atoms with Crippen LogP contribution in [0.25, 0.3) is 0 Å². The number of hydrogen-bond donors (Lipinski definition) is 2. The Morgan fingerprint density at radius 2 is 2.08 bits per heavy atom. The van der Waals surface area contributed by atoms with E-state index >= 15 is 0 Å². The average Bonchev–Trinajstić information content (AvgIpc) is 3.45. The van der Waals surface area contributed by atoms with Gasteiger partial charge in [-0.05, 0) is 43.9 Å². The Morgan fingerprint density at radius 3 is 2.79 bits per heavy atom. The van der Waals surface area contributed by atoms with Crippen LogP contribution >= 0.6 is 0 Å². The van der Waals surface area contributed by atoms with Crippen molar-refractivity contribution in [3.8, 4) is 5.75 Å². The van der Waals surface area contributed by atoms with Gasteiger partial charge in [0.2, 0.25) is 5.95 Å². The summed E-state index contributed by atoms with van der Waals surface area (Å²) in [5, 5.41) is 6.81. The van der Waals surface area contributed by atoms with Crippen molar-refractivity contribution in [1.82, 2.24) is 9.97 Å². The molecule has 1 heterocycles. The quantitative estimate of drug-likeness (QED) is 0.762. The van der Waals surface area contributed by atoms with Crippen molar-refractivity contribution >= 4 is 11.8 Å². The van der Waals surface area contributed by atoms with Crippen LogP contribution < -0.4 is 15.4 Å². The first-order chi connectivity index (χ1) is 11.7. The van der Waals surface area contributed by atoms with Gasteiger partial charge in [-0.25, -0.2) is 4.98 Å². The molecule has 0 radical (unpaired) electrons. The molecule has 2 aromatic rings. The summed E-state index contributed by atoms with van der Waals surface area (Å²) < 4.78 is 5.28. The first-order valence-electron chi connectivity index (χ1n) is 8.70. The highest BCUT2D eigenvalue weighted by Gasteiger charge is 2.26. The van der Waals surface area contributed by atoms with Gasteiger partial charge < -0.3 is 15.4 Å². The highest BCUT2D eigenvalue weighted by Crippen LogP contribution is 2.40. The molecule has 0 amide bonds. The highest BCUT2D eigenvalue weighted by molar-refractivity contribution is 5.45. The lowest BCUT2D eigenvalue weighted by Crippen LogP contribution is -2.17. The Kier molecular flexibility index (Phi) is 5.18. The second kappa shape index (κ2) is 7.51. The second-order valence-electron chi connectivity index (χ2n) is 6.43. The molecule has 1 aromatic heterocycles. The molecule has 24 heavy (non-hydrogen) atoms. The molecule has 0 bridgehead atoms. The largest absolute Gasteiger partial charge is 0.497 e. The smallest absolute Gasteiger partial charge is 0.225 e. The lowest BCUT2D eigenvalue weighted by atomic mass is 10.2. The van der Waals surface area contributed by atoms with E-state index in [0.717, 1.165) is 35.2 Å². The lowest BCUT2D eigenvalue weighted by Gasteiger charge is -2.14. The maximum absolute atomic E-state index is 5.28. The zero-order valence-corrected chi connectivity index (χ0v) is 14.7. The van der Waals surface area contributed by atoms with Crippen LogP contribution in [0.5, 0.6) is 5.75 Å². The molecule has 0 saturated heterocycles. The van der Waals surface area contributed by atoms with Crippen LogP contribution in [0.2, 0.25) is 0 Å². The third-order valence-electron chi connectivity index (χ3n) is 4.34. The average molecular weight is 326 g/mol. The van der Waals surface area contributed by atoms with Crippen LogP contribution in [0.15, 0.2) is 30.3 Å². The molecule has 1 atom stereocenters. The van der Waals surface area contributed by atoms with Crippen molar-refractivity contribution in [2.24, 2.45) is 0 Å². The number of aromatic nitrogens is 2. The Bertz CT molecular complexity index is 685. The van der Waals surface area contributed by atoms with Crippen molar-refractivity contribution in [1.29, 1.82) is 0 Å². The predicted molar refractivity (Wildman–Crippen MR) is 97.7 cm³/mol. The van der Waals surface area contributed by atoms with Crippen LogP contribution in [-0.2, 0) is 6.54 Å². The van der Waals surface area contributed by atoms with Crippen molar-refractivity contribution in [3.63, 3.8) is 0 Å². The third kappa shape index (κ3) is 4.37. The van der Waals surface area contributed by atoms with Crippen LogP contribution in [0.3, 0.4) is 0 Å². The van der Waals surface area contributed by atoms with Gasteiger partial charge in [-0.1, -0.05) is 19.1 Å². The molecule has 0 unspecified atom stereocenters. The number of nitrogens with one attached hydrogen (secondary N) is 2. The number of methoxy groups -OCH3 is 1. The van der Waals surface area contributed by atoms with E-state index in [4.69, 9.17) is 4.74 Å². The Hall–Kier alpha value is -2.30. The molecule has 3 rings (SSSR count). The minimum atomic E-state index is 0.366. The first kappa shape index (κ1) is 16.6. The summed E-state index contributed by atoms with van der Waals surface area (Å²) in [6.07, 6.45) is 3.51. The molecule has 0 aliphatic heterocycles. The van der Waals surface area contributed by atoms with E-state index in [0.29, 0.717) is 18.5 Å². The van der Waals surface area contributed by atoms with E-state index in [1.807, 2.05) is 18.2 Å². The summed E-state index contributed by atoms with van der Waals surface area (Å²) in [6.45, 7) is 5.02. The molecule has 2 N–H and O–H groups in total. The number of hydrogen-bond acceptors (Lipinski definition) is 5. The molecule has 0 spiro atoms. The van der Waals surface area contributed by atoms with E-state index in [9.17, 15) is 0 Å². The van der Waals surface area contributed by atoms with Gasteiger partial charge in [-0.3, -0.25) is 0 Å². The molecule has 5 heteroatoms. The first-order valence-corrected chi connectivity index (χ1v) is 8.70. The van der Waals surface area contributed by atoms with Crippen molar-refractivity contribution in [3.05, 3.63) is 41.6 Å². The zero-order chi connectivity index (χ0) is 16.9. The van der Waals surface area contributed by atoms with Crippen molar-refractivity contribution in [2.75, 3.05) is 17.7 Å². The van der Waals surface area contributed by atoms with Crippen molar-refractivity contribution < 1.29 is 4.74 Å². The fourth-order valence-electron chi connectivity index (χ4n) is 2.51. The fraction of sp³-hybridized carbons (Fsp3) is 0.474. The minimum Gasteiger partial charge on any atom is -0.497 e. The summed E-state index contributed by atoms with van der Waals surface area (Å²) >= 11 is 0. The number of nitrogens with zero attached hydrogens (tertiary/aromatic N) is 2. The number of ether oxygens (including phenoxy) is 1. The molecule has 128 valence electrons. The van der Waals surface area contributed by atoms with E-state index in [1.165, 1.54) is 12.8 Å². The molecular formula is C19H26N4O. The van der Waals surface area contributed by atoms with E-state index < -0.39 is 0 Å². The van der Waals surface area contributed by atoms with E-state index in [2.05, 4.69) is 46.6 Å².